The number of aromatic nitrogens is 2. The lowest BCUT2D eigenvalue weighted by atomic mass is 10.1. The molecule has 0 saturated heterocycles. The second kappa shape index (κ2) is 9.43. The molecule has 0 aliphatic carbocycles. The molecule has 1 aromatic heterocycles. The summed E-state index contributed by atoms with van der Waals surface area (Å²) >= 11 is 1.39. The number of halogens is 1. The Morgan fingerprint density at radius 3 is 2.84 bits per heavy atom. The van der Waals surface area contributed by atoms with E-state index in [0.717, 1.165) is 29.8 Å². The number of hydrogen-bond donors (Lipinski definition) is 2. The molecule has 6 nitrogen and oxygen atoms in total. The predicted octanol–water partition coefficient (Wildman–Crippen LogP) is 3.44. The quantitative estimate of drug-likeness (QED) is 0.752. The van der Waals surface area contributed by atoms with Crippen LogP contribution < -0.4 is 10.6 Å². The largest absolute Gasteiger partial charge is 0.336 e. The number of carbonyl (C=O) groups is 1. The van der Waals surface area contributed by atoms with Crippen molar-refractivity contribution in [3.63, 3.8) is 0 Å². The lowest BCUT2D eigenvalue weighted by molar-refractivity contribution is 0.243. The average Bonchev–Trinajstić information content (AvgIpc) is 3.00. The maximum absolute atomic E-state index is 13.4. The molecular formula is C17H24FN5OS. The highest BCUT2D eigenvalue weighted by molar-refractivity contribution is 7.15. The van der Waals surface area contributed by atoms with E-state index in [1.165, 1.54) is 23.5 Å². The molecule has 2 N–H and O–H groups in total. The molecule has 0 spiro atoms. The van der Waals surface area contributed by atoms with Crippen molar-refractivity contribution in [2.24, 2.45) is 0 Å². The van der Waals surface area contributed by atoms with Crippen molar-refractivity contribution in [3.8, 4) is 0 Å². The number of amides is 2. The van der Waals surface area contributed by atoms with E-state index in [9.17, 15) is 9.18 Å². The molecule has 136 valence electrons. The van der Waals surface area contributed by atoms with E-state index in [0.29, 0.717) is 11.7 Å². The van der Waals surface area contributed by atoms with E-state index >= 15 is 0 Å². The van der Waals surface area contributed by atoms with Gasteiger partial charge in [0.2, 0.25) is 5.13 Å². The van der Waals surface area contributed by atoms with Crippen molar-refractivity contribution in [3.05, 3.63) is 40.7 Å². The smallest absolute Gasteiger partial charge is 0.321 e. The van der Waals surface area contributed by atoms with Crippen LogP contribution in [0.25, 0.3) is 0 Å². The number of nitrogens with zero attached hydrogens (tertiary/aromatic N) is 3. The van der Waals surface area contributed by atoms with E-state index < -0.39 is 0 Å². The Hall–Kier alpha value is -2.06. The van der Waals surface area contributed by atoms with Crippen molar-refractivity contribution in [2.75, 3.05) is 26.0 Å². The van der Waals surface area contributed by atoms with Crippen molar-refractivity contribution in [2.45, 2.75) is 32.2 Å². The molecule has 0 aliphatic heterocycles. The van der Waals surface area contributed by atoms with Gasteiger partial charge in [0.1, 0.15) is 10.8 Å². The number of likely N-dealkylation sites (N-methyl/N-ethyl adjacent to an activating group) is 1. The molecule has 2 rings (SSSR count). The third-order valence-corrected chi connectivity index (χ3v) is 4.64. The lowest BCUT2D eigenvalue weighted by Crippen LogP contribution is -2.36. The first kappa shape index (κ1) is 19.3. The van der Waals surface area contributed by atoms with Gasteiger partial charge in [0.15, 0.2) is 0 Å². The Labute approximate surface area is 151 Å². The van der Waals surface area contributed by atoms with Crippen molar-refractivity contribution in [1.82, 2.24) is 20.4 Å². The first-order valence-electron chi connectivity index (χ1n) is 8.28. The summed E-state index contributed by atoms with van der Waals surface area (Å²) in [5.41, 5.74) is 0.808. The van der Waals surface area contributed by atoms with Gasteiger partial charge in [0.25, 0.3) is 0 Å². The SMILES string of the molecule is CCCCc1nnc(NC(=O)NCC(c2cccc(F)c2)N(C)C)s1. The summed E-state index contributed by atoms with van der Waals surface area (Å²) < 4.78 is 13.4. The number of unbranched alkanes of at least 4 members (excludes halogenated alkanes) is 1. The molecule has 1 unspecified atom stereocenters. The summed E-state index contributed by atoms with van der Waals surface area (Å²) in [6.07, 6.45) is 3.02. The molecule has 25 heavy (non-hydrogen) atoms. The summed E-state index contributed by atoms with van der Waals surface area (Å²) in [5.74, 6) is -0.290. The molecule has 1 aromatic carbocycles. The highest BCUT2D eigenvalue weighted by Gasteiger charge is 2.16. The summed E-state index contributed by atoms with van der Waals surface area (Å²) in [5, 5.41) is 14.9. The Morgan fingerprint density at radius 1 is 1.36 bits per heavy atom. The van der Waals surface area contributed by atoms with Gasteiger partial charge in [0.05, 0.1) is 6.04 Å². The molecule has 0 aliphatic rings. The Kier molecular flexibility index (Phi) is 7.27. The zero-order valence-corrected chi connectivity index (χ0v) is 15.6. The Balaban J connectivity index is 1.89. The van der Waals surface area contributed by atoms with E-state index in [2.05, 4.69) is 27.8 Å². The molecular weight excluding hydrogens is 341 g/mol. The van der Waals surface area contributed by atoms with Crippen LogP contribution in [0.2, 0.25) is 0 Å². The van der Waals surface area contributed by atoms with Gasteiger partial charge in [-0.15, -0.1) is 10.2 Å². The third kappa shape index (κ3) is 6.06. The zero-order valence-electron chi connectivity index (χ0n) is 14.8. The summed E-state index contributed by atoms with van der Waals surface area (Å²) in [6, 6.07) is 5.92. The van der Waals surface area contributed by atoms with Crippen molar-refractivity contribution in [1.29, 1.82) is 0 Å². The normalized spacial score (nSPS) is 12.2. The van der Waals surface area contributed by atoms with Crippen LogP contribution in [-0.4, -0.2) is 41.8 Å². The molecule has 0 saturated carbocycles. The van der Waals surface area contributed by atoms with E-state index in [1.54, 1.807) is 6.07 Å². The second-order valence-electron chi connectivity index (χ2n) is 5.97. The summed E-state index contributed by atoms with van der Waals surface area (Å²) in [4.78, 5) is 14.0. The van der Waals surface area contributed by atoms with Crippen LogP contribution >= 0.6 is 11.3 Å². The number of aryl methyl sites for hydroxylation is 1. The highest BCUT2D eigenvalue weighted by atomic mass is 32.1. The first-order chi connectivity index (χ1) is 12.0. The monoisotopic (exact) mass is 365 g/mol. The van der Waals surface area contributed by atoms with Crippen LogP contribution in [0.5, 0.6) is 0 Å². The number of carbonyl (C=O) groups excluding carboxylic acids is 1. The number of nitrogens with one attached hydrogen (secondary N) is 2. The van der Waals surface area contributed by atoms with Crippen molar-refractivity contribution >= 4 is 22.5 Å². The van der Waals surface area contributed by atoms with Crippen LogP contribution in [0, 0.1) is 5.82 Å². The summed E-state index contributed by atoms with van der Waals surface area (Å²) in [6.45, 7) is 2.47. The van der Waals surface area contributed by atoms with Gasteiger partial charge in [-0.2, -0.15) is 0 Å². The predicted molar refractivity (Wildman–Crippen MR) is 98.4 cm³/mol. The number of benzene rings is 1. The molecule has 8 heteroatoms. The van der Waals surface area contributed by atoms with Crippen LogP contribution in [0.4, 0.5) is 14.3 Å². The maximum atomic E-state index is 13.4. The van der Waals surface area contributed by atoms with Crippen LogP contribution in [0.1, 0.15) is 36.4 Å². The number of urea groups is 1. The second-order valence-corrected chi connectivity index (χ2v) is 7.04. The lowest BCUT2D eigenvalue weighted by Gasteiger charge is -2.25. The molecule has 1 atom stereocenters. The summed E-state index contributed by atoms with van der Waals surface area (Å²) in [7, 11) is 3.78. The van der Waals surface area contributed by atoms with Gasteiger partial charge in [-0.1, -0.05) is 36.8 Å². The van der Waals surface area contributed by atoms with Gasteiger partial charge in [-0.25, -0.2) is 9.18 Å². The molecule has 0 bridgehead atoms. The van der Waals surface area contributed by atoms with E-state index in [4.69, 9.17) is 0 Å². The van der Waals surface area contributed by atoms with Gasteiger partial charge in [0, 0.05) is 13.0 Å². The average molecular weight is 365 g/mol. The molecule has 2 amide bonds. The minimum atomic E-state index is -0.346. The topological polar surface area (TPSA) is 70.1 Å². The number of hydrogen-bond acceptors (Lipinski definition) is 5. The third-order valence-electron chi connectivity index (χ3n) is 3.74. The molecule has 2 aromatic rings. The maximum Gasteiger partial charge on any atom is 0.321 e. The highest BCUT2D eigenvalue weighted by Crippen LogP contribution is 2.19. The van der Waals surface area contributed by atoms with Crippen LogP contribution in [0.15, 0.2) is 24.3 Å². The van der Waals surface area contributed by atoms with E-state index in [1.807, 2.05) is 25.1 Å². The molecule has 0 fully saturated rings. The van der Waals surface area contributed by atoms with Gasteiger partial charge in [-0.05, 0) is 38.2 Å². The van der Waals surface area contributed by atoms with Crippen LogP contribution in [0.3, 0.4) is 0 Å². The Morgan fingerprint density at radius 2 is 2.16 bits per heavy atom. The standard InChI is InChI=1S/C17H24FN5OS/c1-4-5-9-15-21-22-17(25-15)20-16(24)19-11-14(23(2)3)12-7-6-8-13(18)10-12/h6-8,10,14H,4-5,9,11H2,1-3H3,(H2,19,20,22,24). The number of anilines is 1. The molecule has 0 radical (unpaired) electrons. The van der Waals surface area contributed by atoms with Gasteiger partial charge >= 0.3 is 6.03 Å². The van der Waals surface area contributed by atoms with Gasteiger partial charge in [-0.3, -0.25) is 5.32 Å². The zero-order chi connectivity index (χ0) is 18.2. The minimum Gasteiger partial charge on any atom is -0.336 e. The fourth-order valence-corrected chi connectivity index (χ4v) is 3.15. The first-order valence-corrected chi connectivity index (χ1v) is 9.10. The fourth-order valence-electron chi connectivity index (χ4n) is 2.38. The number of rotatable bonds is 8. The Bertz CT molecular complexity index is 691. The molecule has 1 heterocycles. The van der Waals surface area contributed by atoms with Crippen molar-refractivity contribution < 1.29 is 9.18 Å². The van der Waals surface area contributed by atoms with E-state index in [-0.39, 0.29) is 17.9 Å². The fraction of sp³-hybridized carbons (Fsp3) is 0.471. The van der Waals surface area contributed by atoms with Crippen LogP contribution in [-0.2, 0) is 6.42 Å². The van der Waals surface area contributed by atoms with Gasteiger partial charge < -0.3 is 10.2 Å². The minimum absolute atomic E-state index is 0.129.